The van der Waals surface area contributed by atoms with Crippen LogP contribution in [-0.2, 0) is 11.2 Å². The molecule has 0 aromatic heterocycles. The fourth-order valence-electron chi connectivity index (χ4n) is 5.81. The highest BCUT2D eigenvalue weighted by Gasteiger charge is 2.43. The zero-order valence-electron chi connectivity index (χ0n) is 21.5. The molecule has 188 valence electrons. The molecule has 5 atom stereocenters. The molecular formula is C29H43NO3S. The van der Waals surface area contributed by atoms with Gasteiger partial charge in [0.2, 0.25) is 5.91 Å². The van der Waals surface area contributed by atoms with Gasteiger partial charge < -0.3 is 15.1 Å². The first-order valence-corrected chi connectivity index (χ1v) is 14.0. The van der Waals surface area contributed by atoms with E-state index in [0.717, 1.165) is 30.6 Å². The lowest BCUT2D eigenvalue weighted by molar-refractivity contribution is -0.131. The molecule has 34 heavy (non-hydrogen) atoms. The number of carbonyl (C=O) groups is 1. The zero-order chi connectivity index (χ0) is 24.8. The number of benzene rings is 1. The van der Waals surface area contributed by atoms with E-state index in [2.05, 4.69) is 58.9 Å². The van der Waals surface area contributed by atoms with Gasteiger partial charge in [-0.15, -0.1) is 0 Å². The van der Waals surface area contributed by atoms with Crippen molar-refractivity contribution in [1.82, 2.24) is 4.90 Å². The third-order valence-corrected chi connectivity index (χ3v) is 8.17. The number of allylic oxidation sites excluding steroid dienone is 2. The number of aliphatic hydroxyl groups is 2. The highest BCUT2D eigenvalue weighted by molar-refractivity contribution is 7.99. The van der Waals surface area contributed by atoms with Crippen LogP contribution in [0.5, 0.6) is 0 Å². The van der Waals surface area contributed by atoms with Gasteiger partial charge in [-0.1, -0.05) is 53.6 Å². The van der Waals surface area contributed by atoms with Gasteiger partial charge >= 0.3 is 0 Å². The number of fused-ring (bicyclic) bond motifs is 1. The molecule has 4 nitrogen and oxygen atoms in total. The molecule has 0 radical (unpaired) electrons. The largest absolute Gasteiger partial charge is 0.392 e. The predicted octanol–water partition coefficient (Wildman–Crippen LogP) is 5.17. The molecule has 0 saturated heterocycles. The first kappa shape index (κ1) is 27.0. The summed E-state index contributed by atoms with van der Waals surface area (Å²) in [6.45, 7) is 10.4. The number of rotatable bonds is 11. The Bertz CT molecular complexity index is 870. The second-order valence-electron chi connectivity index (χ2n) is 10.7. The van der Waals surface area contributed by atoms with Gasteiger partial charge in [0, 0.05) is 24.4 Å². The van der Waals surface area contributed by atoms with Crippen LogP contribution in [-0.4, -0.2) is 56.8 Å². The van der Waals surface area contributed by atoms with Crippen LogP contribution < -0.4 is 0 Å². The van der Waals surface area contributed by atoms with Crippen molar-refractivity contribution < 1.29 is 15.0 Å². The van der Waals surface area contributed by atoms with Crippen molar-refractivity contribution in [2.24, 2.45) is 17.8 Å². The van der Waals surface area contributed by atoms with Gasteiger partial charge in [-0.05, 0) is 77.0 Å². The van der Waals surface area contributed by atoms with E-state index in [1.54, 1.807) is 11.8 Å². The van der Waals surface area contributed by atoms with Crippen LogP contribution >= 0.6 is 11.8 Å². The third-order valence-electron chi connectivity index (χ3n) is 7.23. The number of carbonyl (C=O) groups excluding carboxylic acids is 1. The van der Waals surface area contributed by atoms with Gasteiger partial charge in [-0.3, -0.25) is 4.79 Å². The Morgan fingerprint density at radius 2 is 1.97 bits per heavy atom. The third kappa shape index (κ3) is 7.22. The van der Waals surface area contributed by atoms with E-state index in [9.17, 15) is 15.0 Å². The molecule has 0 heterocycles. The average Bonchev–Trinajstić information content (AvgIpc) is 3.25. The van der Waals surface area contributed by atoms with E-state index < -0.39 is 6.10 Å². The SMILES string of the molecule is Cc1cccc(C[C@H](O)C=C[C@@H]2[C@H]3CC(CCSCC(=O)N(C(C)C)C(C)C)=C[C@H]3C[C@H]2O)c1. The maximum atomic E-state index is 12.6. The zero-order valence-corrected chi connectivity index (χ0v) is 22.3. The molecule has 2 aliphatic carbocycles. The maximum absolute atomic E-state index is 12.6. The summed E-state index contributed by atoms with van der Waals surface area (Å²) in [4.78, 5) is 14.5. The molecule has 0 spiro atoms. The molecule has 2 N–H and O–H groups in total. The summed E-state index contributed by atoms with van der Waals surface area (Å²) in [5.41, 5.74) is 3.80. The summed E-state index contributed by atoms with van der Waals surface area (Å²) in [7, 11) is 0. The van der Waals surface area contributed by atoms with Crippen LogP contribution in [0, 0.1) is 24.7 Å². The Hall–Kier alpha value is -1.56. The molecule has 3 rings (SSSR count). The first-order chi connectivity index (χ1) is 16.2. The number of amides is 1. The Morgan fingerprint density at radius 3 is 2.65 bits per heavy atom. The Morgan fingerprint density at radius 1 is 1.24 bits per heavy atom. The summed E-state index contributed by atoms with van der Waals surface area (Å²) in [5, 5.41) is 21.1. The number of aliphatic hydroxyl groups excluding tert-OH is 2. The normalized spacial score (nSPS) is 25.3. The number of nitrogens with zero attached hydrogens (tertiary/aromatic N) is 1. The molecule has 1 amide bonds. The van der Waals surface area contributed by atoms with E-state index in [1.807, 2.05) is 23.1 Å². The molecule has 0 bridgehead atoms. The Kier molecular flexibility index (Phi) is 9.87. The lowest BCUT2D eigenvalue weighted by atomic mass is 9.88. The average molecular weight is 486 g/mol. The second-order valence-corrected chi connectivity index (χ2v) is 11.8. The van der Waals surface area contributed by atoms with Crippen LogP contribution in [0.1, 0.15) is 58.1 Å². The summed E-state index contributed by atoms with van der Waals surface area (Å²) in [5.74, 6) is 2.68. The van der Waals surface area contributed by atoms with Gasteiger partial charge in [0.15, 0.2) is 0 Å². The van der Waals surface area contributed by atoms with Crippen molar-refractivity contribution >= 4 is 17.7 Å². The molecule has 0 unspecified atom stereocenters. The van der Waals surface area contributed by atoms with Crippen LogP contribution in [0.4, 0.5) is 0 Å². The van der Waals surface area contributed by atoms with Crippen molar-refractivity contribution in [2.45, 2.75) is 84.6 Å². The van der Waals surface area contributed by atoms with Crippen molar-refractivity contribution in [3.63, 3.8) is 0 Å². The van der Waals surface area contributed by atoms with Crippen molar-refractivity contribution in [2.75, 3.05) is 11.5 Å². The summed E-state index contributed by atoms with van der Waals surface area (Å²) in [6, 6.07) is 8.71. The summed E-state index contributed by atoms with van der Waals surface area (Å²) in [6.07, 6.45) is 8.88. The van der Waals surface area contributed by atoms with Crippen molar-refractivity contribution in [3.8, 4) is 0 Å². The van der Waals surface area contributed by atoms with Gasteiger partial charge in [-0.2, -0.15) is 11.8 Å². The van der Waals surface area contributed by atoms with E-state index >= 15 is 0 Å². The van der Waals surface area contributed by atoms with Crippen LogP contribution in [0.2, 0.25) is 0 Å². The number of hydrogen-bond donors (Lipinski definition) is 2. The van der Waals surface area contributed by atoms with E-state index in [0.29, 0.717) is 24.0 Å². The molecule has 0 aliphatic heterocycles. The minimum Gasteiger partial charge on any atom is -0.392 e. The summed E-state index contributed by atoms with van der Waals surface area (Å²) < 4.78 is 0. The highest BCUT2D eigenvalue weighted by Crippen LogP contribution is 2.48. The highest BCUT2D eigenvalue weighted by atomic mass is 32.2. The van der Waals surface area contributed by atoms with Gasteiger partial charge in [0.25, 0.3) is 0 Å². The summed E-state index contributed by atoms with van der Waals surface area (Å²) >= 11 is 1.73. The molecule has 1 aromatic carbocycles. The molecule has 1 aromatic rings. The number of hydrogen-bond acceptors (Lipinski definition) is 4. The van der Waals surface area contributed by atoms with Crippen LogP contribution in [0.15, 0.2) is 48.1 Å². The monoisotopic (exact) mass is 485 g/mol. The second kappa shape index (κ2) is 12.4. The smallest absolute Gasteiger partial charge is 0.233 e. The van der Waals surface area contributed by atoms with Gasteiger partial charge in [0.05, 0.1) is 18.0 Å². The molecule has 5 heteroatoms. The van der Waals surface area contributed by atoms with E-state index in [4.69, 9.17) is 0 Å². The minimum atomic E-state index is -0.535. The van der Waals surface area contributed by atoms with Crippen molar-refractivity contribution in [3.05, 3.63) is 59.2 Å². The van der Waals surface area contributed by atoms with Gasteiger partial charge in [-0.25, -0.2) is 0 Å². The Balaban J connectivity index is 1.45. The molecule has 1 fully saturated rings. The van der Waals surface area contributed by atoms with Crippen molar-refractivity contribution in [1.29, 1.82) is 0 Å². The molecular weight excluding hydrogens is 442 g/mol. The molecule has 1 saturated carbocycles. The fraction of sp³-hybridized carbons (Fsp3) is 0.621. The quantitative estimate of drug-likeness (QED) is 0.335. The Labute approximate surface area is 210 Å². The lowest BCUT2D eigenvalue weighted by Gasteiger charge is -2.30. The number of aryl methyl sites for hydroxylation is 1. The van der Waals surface area contributed by atoms with Gasteiger partial charge in [0.1, 0.15) is 0 Å². The standard InChI is InChI=1S/C29H43NO3S/c1-19(2)30(20(3)4)29(33)18-34-12-11-23-14-24-17-28(32)26(27(24)16-23)10-9-25(31)15-22-8-6-7-21(5)13-22/h6-10,13-14,19-20,24-28,31-32H,11-12,15-18H2,1-5H3/t24-,25+,26+,27-,28+/m0/s1. The minimum absolute atomic E-state index is 0.103. The van der Waals surface area contributed by atoms with E-state index in [-0.39, 0.29) is 30.0 Å². The lowest BCUT2D eigenvalue weighted by Crippen LogP contribution is -2.43. The fourth-order valence-corrected chi connectivity index (χ4v) is 6.68. The van der Waals surface area contributed by atoms with Crippen LogP contribution in [0.25, 0.3) is 0 Å². The number of thioether (sulfide) groups is 1. The predicted molar refractivity (Wildman–Crippen MR) is 143 cm³/mol. The maximum Gasteiger partial charge on any atom is 0.233 e. The van der Waals surface area contributed by atoms with Crippen LogP contribution in [0.3, 0.4) is 0 Å². The topological polar surface area (TPSA) is 60.8 Å². The first-order valence-electron chi connectivity index (χ1n) is 12.8. The molecule has 2 aliphatic rings. The van der Waals surface area contributed by atoms with E-state index in [1.165, 1.54) is 11.1 Å².